The summed E-state index contributed by atoms with van der Waals surface area (Å²) in [6, 6.07) is 16.4. The highest BCUT2D eigenvalue weighted by Crippen LogP contribution is 2.29. The molecule has 30 heavy (non-hydrogen) atoms. The number of rotatable bonds is 9. The van der Waals surface area contributed by atoms with E-state index in [-0.39, 0.29) is 19.1 Å². The van der Waals surface area contributed by atoms with Crippen LogP contribution in [0.1, 0.15) is 19.5 Å². The quantitative estimate of drug-likeness (QED) is 0.474. The number of carbonyl (C=O) groups is 2. The zero-order valence-corrected chi connectivity index (χ0v) is 17.6. The first-order valence-corrected chi connectivity index (χ1v) is 10.3. The fourth-order valence-corrected chi connectivity index (χ4v) is 3.52. The standard InChI is InChI=1S/C22H22N2O5S/c1-3-27-19-11-7-8-12-20(19)28-14-21(26)29-13-17-15-30-22(23-17)24(16(2)25)18-9-5-4-6-10-18/h4-12,15H,3,13-14H2,1-2H3. The van der Waals surface area contributed by atoms with Crippen molar-refractivity contribution in [1.82, 2.24) is 4.98 Å². The van der Waals surface area contributed by atoms with Crippen LogP contribution in [0.2, 0.25) is 0 Å². The van der Waals surface area contributed by atoms with E-state index in [0.29, 0.717) is 28.9 Å². The third-order valence-corrected chi connectivity index (χ3v) is 4.81. The Morgan fingerprint density at radius 2 is 1.67 bits per heavy atom. The first-order valence-electron chi connectivity index (χ1n) is 9.39. The number of nitrogens with zero attached hydrogens (tertiary/aromatic N) is 2. The van der Waals surface area contributed by atoms with Crippen LogP contribution in [0.4, 0.5) is 10.8 Å². The van der Waals surface area contributed by atoms with Crippen molar-refractivity contribution in [3.63, 3.8) is 0 Å². The van der Waals surface area contributed by atoms with Gasteiger partial charge in [0.1, 0.15) is 6.61 Å². The maximum atomic E-state index is 12.1. The van der Waals surface area contributed by atoms with Gasteiger partial charge in [0.2, 0.25) is 5.91 Å². The van der Waals surface area contributed by atoms with Gasteiger partial charge >= 0.3 is 5.97 Å². The van der Waals surface area contributed by atoms with Crippen LogP contribution < -0.4 is 14.4 Å². The lowest BCUT2D eigenvalue weighted by atomic mass is 10.3. The number of hydrogen-bond acceptors (Lipinski definition) is 7. The van der Waals surface area contributed by atoms with Crippen LogP contribution in [0.3, 0.4) is 0 Å². The van der Waals surface area contributed by atoms with Crippen molar-refractivity contribution in [3.8, 4) is 11.5 Å². The van der Waals surface area contributed by atoms with Crippen LogP contribution >= 0.6 is 11.3 Å². The van der Waals surface area contributed by atoms with Gasteiger partial charge in [0, 0.05) is 12.3 Å². The molecule has 0 spiro atoms. The summed E-state index contributed by atoms with van der Waals surface area (Å²) in [7, 11) is 0. The Bertz CT molecular complexity index is 990. The summed E-state index contributed by atoms with van der Waals surface area (Å²) in [5.41, 5.74) is 1.28. The largest absolute Gasteiger partial charge is 0.490 e. The van der Waals surface area contributed by atoms with Crippen LogP contribution in [-0.4, -0.2) is 30.1 Å². The second kappa shape index (κ2) is 10.4. The Hall–Kier alpha value is -3.39. The number of aromatic nitrogens is 1. The number of carbonyl (C=O) groups excluding carboxylic acids is 2. The van der Waals surface area contributed by atoms with E-state index in [1.807, 2.05) is 43.3 Å². The SMILES string of the molecule is CCOc1ccccc1OCC(=O)OCc1csc(N(C(C)=O)c2ccccc2)n1. The third-order valence-electron chi connectivity index (χ3n) is 3.94. The second-order valence-corrected chi connectivity index (χ2v) is 6.98. The number of anilines is 2. The fourth-order valence-electron chi connectivity index (χ4n) is 2.65. The first kappa shape index (κ1) is 21.3. The molecule has 3 rings (SSSR count). The number of hydrogen-bond donors (Lipinski definition) is 0. The molecule has 7 nitrogen and oxygen atoms in total. The van der Waals surface area contributed by atoms with Crippen molar-refractivity contribution >= 4 is 34.0 Å². The molecule has 1 aromatic heterocycles. The lowest BCUT2D eigenvalue weighted by Crippen LogP contribution is -2.22. The van der Waals surface area contributed by atoms with E-state index in [9.17, 15) is 9.59 Å². The van der Waals surface area contributed by atoms with Crippen molar-refractivity contribution in [1.29, 1.82) is 0 Å². The van der Waals surface area contributed by atoms with E-state index >= 15 is 0 Å². The molecule has 0 atom stereocenters. The Labute approximate surface area is 178 Å². The second-order valence-electron chi connectivity index (χ2n) is 6.14. The van der Waals surface area contributed by atoms with Crippen molar-refractivity contribution in [2.24, 2.45) is 0 Å². The van der Waals surface area contributed by atoms with Crippen LogP contribution in [0.5, 0.6) is 11.5 Å². The van der Waals surface area contributed by atoms with Gasteiger partial charge in [-0.2, -0.15) is 0 Å². The highest BCUT2D eigenvalue weighted by Gasteiger charge is 2.18. The molecule has 156 valence electrons. The van der Waals surface area contributed by atoms with E-state index in [4.69, 9.17) is 14.2 Å². The average molecular weight is 426 g/mol. The molecular weight excluding hydrogens is 404 g/mol. The minimum absolute atomic E-state index is 0.00760. The highest BCUT2D eigenvalue weighted by molar-refractivity contribution is 7.14. The minimum atomic E-state index is -0.526. The van der Waals surface area contributed by atoms with Gasteiger partial charge in [-0.25, -0.2) is 9.78 Å². The number of thiazole rings is 1. The van der Waals surface area contributed by atoms with E-state index in [2.05, 4.69) is 4.98 Å². The van der Waals surface area contributed by atoms with Gasteiger partial charge in [-0.1, -0.05) is 30.3 Å². The van der Waals surface area contributed by atoms with Crippen molar-refractivity contribution in [2.45, 2.75) is 20.5 Å². The molecule has 0 N–H and O–H groups in total. The van der Waals surface area contributed by atoms with Crippen LogP contribution in [0, 0.1) is 0 Å². The molecule has 8 heteroatoms. The smallest absolute Gasteiger partial charge is 0.344 e. The number of para-hydroxylation sites is 3. The molecule has 3 aromatic rings. The fraction of sp³-hybridized carbons (Fsp3) is 0.227. The number of amides is 1. The lowest BCUT2D eigenvalue weighted by molar-refractivity contribution is -0.147. The zero-order chi connectivity index (χ0) is 21.3. The Kier molecular flexibility index (Phi) is 7.40. The van der Waals surface area contributed by atoms with E-state index < -0.39 is 5.97 Å². The van der Waals surface area contributed by atoms with Crippen LogP contribution in [-0.2, 0) is 20.9 Å². The lowest BCUT2D eigenvalue weighted by Gasteiger charge is -2.17. The summed E-state index contributed by atoms with van der Waals surface area (Å²) in [6.45, 7) is 3.60. The van der Waals surface area contributed by atoms with E-state index in [0.717, 1.165) is 5.69 Å². The maximum Gasteiger partial charge on any atom is 0.344 e. The molecule has 0 saturated carbocycles. The van der Waals surface area contributed by atoms with Gasteiger partial charge in [0.15, 0.2) is 23.2 Å². The molecule has 2 aromatic carbocycles. The number of ether oxygens (including phenoxy) is 3. The van der Waals surface area contributed by atoms with Gasteiger partial charge < -0.3 is 14.2 Å². The molecule has 0 aliphatic heterocycles. The highest BCUT2D eigenvalue weighted by atomic mass is 32.1. The number of esters is 1. The topological polar surface area (TPSA) is 78.0 Å². The minimum Gasteiger partial charge on any atom is -0.490 e. The Balaban J connectivity index is 1.56. The van der Waals surface area contributed by atoms with Gasteiger partial charge in [-0.15, -0.1) is 11.3 Å². The first-order chi connectivity index (χ1) is 14.6. The summed E-state index contributed by atoms with van der Waals surface area (Å²) in [4.78, 5) is 30.1. The van der Waals surface area contributed by atoms with Gasteiger partial charge in [-0.05, 0) is 31.2 Å². The van der Waals surface area contributed by atoms with Crippen molar-refractivity contribution in [2.75, 3.05) is 18.1 Å². The maximum absolute atomic E-state index is 12.1. The predicted molar refractivity (Wildman–Crippen MR) is 114 cm³/mol. The summed E-state index contributed by atoms with van der Waals surface area (Å²) >= 11 is 1.31. The van der Waals surface area contributed by atoms with Crippen LogP contribution in [0.15, 0.2) is 60.0 Å². The normalized spacial score (nSPS) is 10.3. The Morgan fingerprint density at radius 3 is 2.33 bits per heavy atom. The monoisotopic (exact) mass is 426 g/mol. The molecule has 0 aliphatic carbocycles. The molecule has 0 unspecified atom stereocenters. The molecule has 0 bridgehead atoms. The zero-order valence-electron chi connectivity index (χ0n) is 16.7. The molecule has 0 fully saturated rings. The summed E-state index contributed by atoms with van der Waals surface area (Å²) < 4.78 is 16.2. The van der Waals surface area contributed by atoms with E-state index in [1.165, 1.54) is 23.2 Å². The van der Waals surface area contributed by atoms with Crippen molar-refractivity contribution < 1.29 is 23.8 Å². The van der Waals surface area contributed by atoms with Gasteiger partial charge in [-0.3, -0.25) is 9.69 Å². The van der Waals surface area contributed by atoms with Gasteiger partial charge in [0.25, 0.3) is 0 Å². The summed E-state index contributed by atoms with van der Waals surface area (Å²) in [6.07, 6.45) is 0. The molecule has 1 heterocycles. The van der Waals surface area contributed by atoms with Crippen molar-refractivity contribution in [3.05, 3.63) is 65.7 Å². The average Bonchev–Trinajstić information content (AvgIpc) is 3.21. The molecule has 1 amide bonds. The molecule has 0 aliphatic rings. The van der Waals surface area contributed by atoms with Crippen LogP contribution in [0.25, 0.3) is 0 Å². The molecular formula is C22H22N2O5S. The number of benzene rings is 2. The molecule has 0 saturated heterocycles. The Morgan fingerprint density at radius 1 is 1.00 bits per heavy atom. The predicted octanol–water partition coefficient (Wildman–Crippen LogP) is 4.35. The summed E-state index contributed by atoms with van der Waals surface area (Å²) in [5.74, 6) is 0.372. The van der Waals surface area contributed by atoms with Gasteiger partial charge in [0.05, 0.1) is 18.0 Å². The molecule has 0 radical (unpaired) electrons. The third kappa shape index (κ3) is 5.57. The summed E-state index contributed by atoms with van der Waals surface area (Å²) in [5, 5.41) is 2.27. The van der Waals surface area contributed by atoms with E-state index in [1.54, 1.807) is 23.6 Å².